The third-order valence-corrected chi connectivity index (χ3v) is 9.63. The van der Waals surface area contributed by atoms with E-state index in [1.165, 1.54) is 41.0 Å². The predicted molar refractivity (Wildman–Crippen MR) is 183 cm³/mol. The Morgan fingerprint density at radius 2 is 1.80 bits per heavy atom. The van der Waals surface area contributed by atoms with E-state index < -0.39 is 58.9 Å². The minimum absolute atomic E-state index is 0.0417. The lowest BCUT2D eigenvalue weighted by Crippen LogP contribution is -2.71. The zero-order chi connectivity index (χ0) is 36.8. The number of allylic oxidation sites excluding steroid dienone is 1. The number of carboxylic acid groups (broad SMARTS) is 2. The Bertz CT molecular complexity index is 2000. The normalized spacial score (nSPS) is 17.6. The van der Waals surface area contributed by atoms with Crippen LogP contribution in [0, 0.1) is 0 Å². The molecule has 51 heavy (non-hydrogen) atoms. The number of thioether (sulfide) groups is 2. The van der Waals surface area contributed by atoms with Crippen molar-refractivity contribution in [1.82, 2.24) is 20.2 Å². The summed E-state index contributed by atoms with van der Waals surface area (Å²) in [5.41, 5.74) is 5.19. The number of amides is 2. The summed E-state index contributed by atoms with van der Waals surface area (Å²) in [5.74, 6) is -6.32. The van der Waals surface area contributed by atoms with E-state index in [0.717, 1.165) is 41.0 Å². The molecule has 0 saturated carbocycles. The van der Waals surface area contributed by atoms with E-state index in [-0.39, 0.29) is 39.3 Å². The van der Waals surface area contributed by atoms with Crippen molar-refractivity contribution in [1.29, 1.82) is 0 Å². The van der Waals surface area contributed by atoms with E-state index in [0.29, 0.717) is 5.57 Å². The van der Waals surface area contributed by atoms with Gasteiger partial charge in [-0.3, -0.25) is 29.1 Å². The fraction of sp³-hybridized carbons (Fsp3) is 0.194. The van der Waals surface area contributed by atoms with Crippen LogP contribution in [0.5, 0.6) is 11.5 Å². The molecule has 4 heterocycles. The van der Waals surface area contributed by atoms with E-state index in [1.54, 1.807) is 36.0 Å². The van der Waals surface area contributed by atoms with Crippen molar-refractivity contribution < 1.29 is 53.3 Å². The van der Waals surface area contributed by atoms with Crippen molar-refractivity contribution in [2.24, 2.45) is 5.16 Å². The molecule has 3 atom stereocenters. The monoisotopic (exact) mass is 754 g/mol. The van der Waals surface area contributed by atoms with Gasteiger partial charge < -0.3 is 35.6 Å². The number of hydrogen-bond acceptors (Lipinski definition) is 16. The number of nitrogens with zero attached hydrogens (tertiary/aromatic N) is 4. The Hall–Kier alpha value is -5.73. The summed E-state index contributed by atoms with van der Waals surface area (Å²) < 4.78 is 10.1. The number of carboxylic acids is 2. The largest absolute Gasteiger partial charge is 0.478 e. The highest BCUT2D eigenvalue weighted by Crippen LogP contribution is 2.41. The molecule has 2 aliphatic heterocycles. The maximum Gasteiger partial charge on any atom is 0.352 e. The third kappa shape index (κ3) is 8.53. The highest BCUT2D eigenvalue weighted by atomic mass is 32.2. The number of hydrogen-bond donors (Lipinski definition) is 4. The van der Waals surface area contributed by atoms with E-state index in [2.05, 4.69) is 20.4 Å². The van der Waals surface area contributed by atoms with Crippen molar-refractivity contribution in [3.05, 3.63) is 82.1 Å². The van der Waals surface area contributed by atoms with Gasteiger partial charge in [0, 0.05) is 47.8 Å². The first kappa shape index (κ1) is 36.5. The van der Waals surface area contributed by atoms with Gasteiger partial charge in [0.2, 0.25) is 6.10 Å². The minimum Gasteiger partial charge on any atom is -0.478 e. The number of nitrogens with one attached hydrogen (secondary N) is 1. The van der Waals surface area contributed by atoms with Gasteiger partial charge in [0.05, 0.1) is 0 Å². The van der Waals surface area contributed by atoms with Gasteiger partial charge in [-0.1, -0.05) is 23.0 Å². The third-order valence-electron chi connectivity index (χ3n) is 6.84. The molecule has 0 aliphatic carbocycles. The van der Waals surface area contributed by atoms with Crippen LogP contribution < -0.4 is 20.5 Å². The van der Waals surface area contributed by atoms with Gasteiger partial charge in [0.1, 0.15) is 22.8 Å². The molecular formula is C31H26N6O11S3. The van der Waals surface area contributed by atoms with Crippen molar-refractivity contribution in [3.63, 3.8) is 0 Å². The second kappa shape index (κ2) is 15.9. The summed E-state index contributed by atoms with van der Waals surface area (Å²) in [6.07, 6.45) is 2.98. The van der Waals surface area contributed by atoms with Crippen molar-refractivity contribution >= 4 is 81.4 Å². The molecule has 264 valence electrons. The van der Waals surface area contributed by atoms with Crippen LogP contribution in [0.25, 0.3) is 0 Å². The Morgan fingerprint density at radius 1 is 1.10 bits per heavy atom. The average Bonchev–Trinajstić information content (AvgIpc) is 3.51. The number of rotatable bonds is 13. The maximum atomic E-state index is 13.6. The Morgan fingerprint density at radius 3 is 2.43 bits per heavy atom. The van der Waals surface area contributed by atoms with Gasteiger partial charge in [-0.05, 0) is 41.3 Å². The molecule has 17 nitrogen and oxygen atoms in total. The summed E-state index contributed by atoms with van der Waals surface area (Å²) >= 11 is 3.52. The number of carbonyl (C=O) groups is 6. The van der Waals surface area contributed by atoms with Gasteiger partial charge in [-0.15, -0.1) is 23.1 Å². The number of aromatic nitrogens is 2. The molecular weight excluding hydrogens is 729 g/mol. The molecule has 5 rings (SSSR count). The lowest BCUT2D eigenvalue weighted by Gasteiger charge is -2.49. The van der Waals surface area contributed by atoms with Crippen LogP contribution >= 0.6 is 34.9 Å². The number of nitrogen functional groups attached to an aromatic ring is 1. The van der Waals surface area contributed by atoms with Crippen LogP contribution in [-0.4, -0.2) is 83.7 Å². The van der Waals surface area contributed by atoms with Gasteiger partial charge in [-0.25, -0.2) is 14.6 Å². The van der Waals surface area contributed by atoms with Crippen LogP contribution in [0.4, 0.5) is 5.13 Å². The summed E-state index contributed by atoms with van der Waals surface area (Å²) in [7, 11) is 0. The number of aliphatic carboxylic acids is 2. The number of nitrogens with two attached hydrogens (primary N) is 1. The number of anilines is 1. The smallest absolute Gasteiger partial charge is 0.352 e. The fourth-order valence-electron chi connectivity index (χ4n) is 4.71. The molecule has 20 heteroatoms. The minimum atomic E-state index is -1.88. The van der Waals surface area contributed by atoms with Crippen molar-refractivity contribution in [2.45, 2.75) is 36.3 Å². The van der Waals surface area contributed by atoms with Crippen molar-refractivity contribution in [2.75, 3.05) is 11.5 Å². The number of carbonyl (C=O) groups excluding carboxylic acids is 4. The van der Waals surface area contributed by atoms with Crippen molar-refractivity contribution in [3.8, 4) is 11.5 Å². The fourth-order valence-corrected chi connectivity index (χ4v) is 7.24. The molecule has 2 aliphatic rings. The summed E-state index contributed by atoms with van der Waals surface area (Å²) in [5, 5.41) is 28.6. The van der Waals surface area contributed by atoms with E-state index in [9.17, 15) is 39.0 Å². The van der Waals surface area contributed by atoms with Gasteiger partial charge in [-0.2, -0.15) is 0 Å². The molecule has 0 radical (unpaired) electrons. The number of thiazole rings is 1. The second-order valence-corrected chi connectivity index (χ2v) is 13.3. The highest BCUT2D eigenvalue weighted by molar-refractivity contribution is 8.02. The molecule has 0 spiro atoms. The summed E-state index contributed by atoms with van der Waals surface area (Å²) in [6.45, 7) is 2.20. The van der Waals surface area contributed by atoms with Crippen LogP contribution in [0.1, 0.15) is 31.2 Å². The average molecular weight is 755 g/mol. The quantitative estimate of drug-likeness (QED) is 0.0489. The molecule has 0 unspecified atom stereocenters. The summed E-state index contributed by atoms with van der Waals surface area (Å²) in [4.78, 5) is 89.9. The van der Waals surface area contributed by atoms with Crippen LogP contribution in [0.2, 0.25) is 0 Å². The van der Waals surface area contributed by atoms with E-state index in [4.69, 9.17) is 20.0 Å². The number of oxime groups is 1. The molecule has 5 N–H and O–H groups in total. The predicted octanol–water partition coefficient (Wildman–Crippen LogP) is 2.56. The highest BCUT2D eigenvalue weighted by Gasteiger charge is 2.54. The molecule has 2 aromatic heterocycles. The van der Waals surface area contributed by atoms with E-state index >= 15 is 0 Å². The van der Waals surface area contributed by atoms with Gasteiger partial charge in [0.25, 0.3) is 11.8 Å². The number of benzene rings is 1. The number of esters is 2. The molecule has 0 bridgehead atoms. The van der Waals surface area contributed by atoms with Crippen LogP contribution in [0.15, 0.2) is 80.9 Å². The molecule has 1 fully saturated rings. The number of fused-ring (bicyclic) bond motifs is 1. The first-order chi connectivity index (χ1) is 24.3. The Labute approximate surface area is 300 Å². The topological polar surface area (TPSA) is 250 Å². The van der Waals surface area contributed by atoms with Gasteiger partial charge >= 0.3 is 23.9 Å². The Balaban J connectivity index is 1.37. The lowest BCUT2D eigenvalue weighted by atomic mass is 10.0. The maximum absolute atomic E-state index is 13.6. The first-order valence-electron chi connectivity index (χ1n) is 14.5. The first-order valence-corrected chi connectivity index (χ1v) is 17.3. The zero-order valence-electron chi connectivity index (χ0n) is 26.4. The Kier molecular flexibility index (Phi) is 11.4. The van der Waals surface area contributed by atoms with Crippen LogP contribution in [-0.2, 0) is 33.6 Å². The standard InChI is InChI=1S/C31H26N6O11S3/c1-14(38)46-20-4-3-16(11-21(20)47-15(2)39)25(30(44)45)48-36-22(19-13-51-31(32)34-19)26(40)35-23-27(41)37-24(29(42)43)17(12-50-28(23)37)7-10-49-18-5-8-33-9-6-18/h3-11,13,23,25,28H,12H2,1-2H3,(H2,32,34)(H,35,40)(H,42,43)(H,44,45)/t23-,25-,28+/m1/s1. The molecule has 1 saturated heterocycles. The molecule has 1 aromatic carbocycles. The molecule has 2 amide bonds. The number of pyridine rings is 1. The summed E-state index contributed by atoms with van der Waals surface area (Å²) in [6, 6.07) is 5.89. The SMILES string of the molecule is CC(=O)Oc1ccc([C@@H](ON=C(C(=O)N[C@@H]2C(=O)N3C(C(=O)O)=C(C=CSc4ccncc4)CS[C@@H]23)c2csc(N)n2)C(=O)O)cc1OC(C)=O. The lowest BCUT2D eigenvalue weighted by molar-refractivity contribution is -0.151. The number of ether oxygens (including phenoxy) is 2. The second-order valence-electron chi connectivity index (χ2n) is 10.4. The number of β-lactam (4-membered cyclic amide) rings is 1. The van der Waals surface area contributed by atoms with Crippen LogP contribution in [0.3, 0.4) is 0 Å². The zero-order valence-corrected chi connectivity index (χ0v) is 28.8. The molecule has 3 aromatic rings. The van der Waals surface area contributed by atoms with Gasteiger partial charge in [0.15, 0.2) is 22.3 Å². The van der Waals surface area contributed by atoms with E-state index in [1.807, 2.05) is 0 Å².